The first-order valence-corrected chi connectivity index (χ1v) is 11.0. The molecule has 4 rings (SSSR count). The average molecular weight is 391 g/mol. The minimum Gasteiger partial charge on any atom is -0.429 e. The van der Waals surface area contributed by atoms with E-state index in [1.54, 1.807) is 0 Å². The molecule has 0 radical (unpaired) electrons. The van der Waals surface area contributed by atoms with E-state index in [-0.39, 0.29) is 28.2 Å². The lowest BCUT2D eigenvalue weighted by molar-refractivity contribution is -0.258. The third kappa shape index (κ3) is 2.12. The Labute approximate surface area is 169 Å². The summed E-state index contributed by atoms with van der Waals surface area (Å²) in [6, 6.07) is 0. The van der Waals surface area contributed by atoms with Gasteiger partial charge in [0.15, 0.2) is 0 Å². The van der Waals surface area contributed by atoms with Crippen molar-refractivity contribution < 1.29 is 19.7 Å². The molecule has 0 aromatic rings. The van der Waals surface area contributed by atoms with Crippen LogP contribution in [0.3, 0.4) is 0 Å². The Morgan fingerprint density at radius 3 is 1.82 bits per heavy atom. The van der Waals surface area contributed by atoms with Crippen molar-refractivity contribution >= 4 is 5.97 Å². The van der Waals surface area contributed by atoms with Crippen molar-refractivity contribution in [1.82, 2.24) is 0 Å². The topological polar surface area (TPSA) is 66.8 Å². The molecule has 4 nitrogen and oxygen atoms in total. The van der Waals surface area contributed by atoms with Gasteiger partial charge < -0.3 is 14.9 Å². The van der Waals surface area contributed by atoms with Crippen molar-refractivity contribution in [3.05, 3.63) is 12.2 Å². The van der Waals surface area contributed by atoms with Crippen LogP contribution in [-0.4, -0.2) is 27.6 Å². The molecule has 0 spiro atoms. The number of aliphatic hydroxyl groups is 2. The summed E-state index contributed by atoms with van der Waals surface area (Å²) in [5, 5.41) is 22.8. The van der Waals surface area contributed by atoms with Gasteiger partial charge in [-0.15, -0.1) is 0 Å². The standard InChI is InChI=1S/C24H38O4/c1-15(12-23(26)13-16-8-10-21(23,6)19(16,2)3)18(25)28-24(27)14-17-9-11-22(24,7)20(17,4)5/h16-17,26-27H,1,8-14H2,2-7H3/t16-,17-,21-,22-,23+,24-/m1/s1. The van der Waals surface area contributed by atoms with Crippen molar-refractivity contribution in [2.45, 2.75) is 97.9 Å². The van der Waals surface area contributed by atoms with Gasteiger partial charge in [0.05, 0.1) is 5.60 Å². The van der Waals surface area contributed by atoms with E-state index in [1.165, 1.54) is 0 Å². The van der Waals surface area contributed by atoms with Crippen LogP contribution in [0, 0.1) is 33.5 Å². The van der Waals surface area contributed by atoms with Crippen LogP contribution in [0.25, 0.3) is 0 Å². The van der Waals surface area contributed by atoms with E-state index in [2.05, 4.69) is 41.2 Å². The molecule has 4 bridgehead atoms. The van der Waals surface area contributed by atoms with Gasteiger partial charge in [0, 0.05) is 29.2 Å². The predicted octanol–water partition coefficient (Wildman–Crippen LogP) is 4.59. The van der Waals surface area contributed by atoms with Gasteiger partial charge in [-0.25, -0.2) is 4.79 Å². The van der Waals surface area contributed by atoms with Crippen LogP contribution in [0.1, 0.15) is 86.5 Å². The summed E-state index contributed by atoms with van der Waals surface area (Å²) >= 11 is 0. The molecule has 28 heavy (non-hydrogen) atoms. The van der Waals surface area contributed by atoms with Crippen LogP contribution in [-0.2, 0) is 9.53 Å². The number of rotatable bonds is 4. The Morgan fingerprint density at radius 2 is 1.43 bits per heavy atom. The first-order chi connectivity index (χ1) is 12.6. The van der Waals surface area contributed by atoms with E-state index >= 15 is 0 Å². The number of hydrogen-bond acceptors (Lipinski definition) is 4. The molecule has 4 aliphatic rings. The molecule has 2 N–H and O–H groups in total. The van der Waals surface area contributed by atoms with E-state index < -0.39 is 22.8 Å². The van der Waals surface area contributed by atoms with Crippen molar-refractivity contribution in [2.24, 2.45) is 33.5 Å². The van der Waals surface area contributed by atoms with Gasteiger partial charge in [-0.1, -0.05) is 48.1 Å². The Kier molecular flexibility index (Phi) is 3.96. The van der Waals surface area contributed by atoms with E-state index in [9.17, 15) is 15.0 Å². The van der Waals surface area contributed by atoms with Gasteiger partial charge in [0.25, 0.3) is 0 Å². The maximum atomic E-state index is 12.9. The molecule has 6 atom stereocenters. The van der Waals surface area contributed by atoms with Gasteiger partial charge in [-0.3, -0.25) is 0 Å². The molecule has 0 amide bonds. The molecular formula is C24H38O4. The minimum atomic E-state index is -1.44. The lowest BCUT2D eigenvalue weighted by Gasteiger charge is -2.46. The molecule has 0 aromatic carbocycles. The molecule has 0 aliphatic heterocycles. The van der Waals surface area contributed by atoms with Crippen LogP contribution in [0.5, 0.6) is 0 Å². The first-order valence-electron chi connectivity index (χ1n) is 11.0. The third-order valence-electron chi connectivity index (χ3n) is 10.9. The number of hydrogen-bond donors (Lipinski definition) is 2. The van der Waals surface area contributed by atoms with Crippen LogP contribution in [0.4, 0.5) is 0 Å². The van der Waals surface area contributed by atoms with Gasteiger partial charge in [-0.05, 0) is 54.8 Å². The Balaban J connectivity index is 1.50. The zero-order chi connectivity index (χ0) is 21.0. The average Bonchev–Trinajstić information content (AvgIpc) is 3.04. The van der Waals surface area contributed by atoms with E-state index in [0.717, 1.165) is 25.7 Å². The zero-order valence-electron chi connectivity index (χ0n) is 18.5. The highest BCUT2D eigenvalue weighted by molar-refractivity contribution is 5.88. The Hall–Kier alpha value is -0.870. The SMILES string of the molecule is C=C(C[C@]1(O)C[C@H]2CC[C@]1(C)C2(C)C)C(=O)O[C@]1(O)C[C@H]2CC[C@]1(C)C2(C)C. The van der Waals surface area contributed by atoms with Crippen LogP contribution in [0.2, 0.25) is 0 Å². The van der Waals surface area contributed by atoms with Crippen molar-refractivity contribution in [3.63, 3.8) is 0 Å². The predicted molar refractivity (Wildman–Crippen MR) is 108 cm³/mol. The van der Waals surface area contributed by atoms with Gasteiger partial charge in [0.2, 0.25) is 5.79 Å². The fourth-order valence-electron chi connectivity index (χ4n) is 7.70. The molecule has 4 fully saturated rings. The van der Waals surface area contributed by atoms with Crippen LogP contribution >= 0.6 is 0 Å². The summed E-state index contributed by atoms with van der Waals surface area (Å²) in [4.78, 5) is 12.9. The number of esters is 1. The zero-order valence-corrected chi connectivity index (χ0v) is 18.5. The minimum absolute atomic E-state index is 0.0479. The molecular weight excluding hydrogens is 352 g/mol. The summed E-state index contributed by atoms with van der Waals surface area (Å²) in [6.07, 6.45) is 5.46. The molecule has 4 heteroatoms. The third-order valence-corrected chi connectivity index (χ3v) is 10.9. The number of carbonyl (C=O) groups is 1. The van der Waals surface area contributed by atoms with Crippen molar-refractivity contribution in [3.8, 4) is 0 Å². The Bertz CT molecular complexity index is 677. The smallest absolute Gasteiger partial charge is 0.336 e. The second kappa shape index (κ2) is 5.43. The summed E-state index contributed by atoms with van der Waals surface area (Å²) in [7, 11) is 0. The summed E-state index contributed by atoms with van der Waals surface area (Å²) < 4.78 is 5.76. The summed E-state index contributed by atoms with van der Waals surface area (Å²) in [6.45, 7) is 17.0. The second-order valence-corrected chi connectivity index (χ2v) is 12.0. The normalized spacial score (nSPS) is 50.1. The molecule has 4 aliphatic carbocycles. The highest BCUT2D eigenvalue weighted by Crippen LogP contribution is 2.71. The van der Waals surface area contributed by atoms with Crippen LogP contribution in [0.15, 0.2) is 12.2 Å². The Morgan fingerprint density at radius 1 is 0.929 bits per heavy atom. The van der Waals surface area contributed by atoms with Crippen molar-refractivity contribution in [1.29, 1.82) is 0 Å². The highest BCUT2D eigenvalue weighted by atomic mass is 16.7. The van der Waals surface area contributed by atoms with E-state index in [0.29, 0.717) is 24.7 Å². The lowest BCUT2D eigenvalue weighted by atomic mass is 9.63. The maximum absolute atomic E-state index is 12.9. The molecule has 0 aromatic heterocycles. The molecule has 0 saturated heterocycles. The largest absolute Gasteiger partial charge is 0.429 e. The fraction of sp³-hybridized carbons (Fsp3) is 0.875. The molecule has 158 valence electrons. The molecule has 0 unspecified atom stereocenters. The fourth-order valence-corrected chi connectivity index (χ4v) is 7.70. The quantitative estimate of drug-likeness (QED) is 0.419. The number of carbonyl (C=O) groups excluding carboxylic acids is 1. The monoisotopic (exact) mass is 390 g/mol. The van der Waals surface area contributed by atoms with Gasteiger partial charge in [0.1, 0.15) is 0 Å². The summed E-state index contributed by atoms with van der Waals surface area (Å²) in [5.41, 5.74) is -1.35. The van der Waals surface area contributed by atoms with Crippen molar-refractivity contribution in [2.75, 3.05) is 0 Å². The first kappa shape index (κ1) is 20.4. The van der Waals surface area contributed by atoms with Gasteiger partial charge >= 0.3 is 5.97 Å². The number of ether oxygens (including phenoxy) is 1. The summed E-state index contributed by atoms with van der Waals surface area (Å²) in [5.74, 6) is -1.16. The molecule has 4 saturated carbocycles. The molecule has 0 heterocycles. The van der Waals surface area contributed by atoms with E-state index in [4.69, 9.17) is 4.74 Å². The number of fused-ring (bicyclic) bond motifs is 4. The lowest BCUT2D eigenvalue weighted by Crippen LogP contribution is -2.51. The van der Waals surface area contributed by atoms with Crippen LogP contribution < -0.4 is 0 Å². The van der Waals surface area contributed by atoms with Gasteiger partial charge in [-0.2, -0.15) is 0 Å². The highest BCUT2D eigenvalue weighted by Gasteiger charge is 2.71. The second-order valence-electron chi connectivity index (χ2n) is 12.0. The maximum Gasteiger partial charge on any atom is 0.336 e. The van der Waals surface area contributed by atoms with E-state index in [1.807, 2.05) is 6.92 Å².